The SMILES string of the molecule is Cn1ccc(-c2sc3nc(-c4nccn4C)nc(NC4CC(O)C4)c3c2-c2ccccc2)n1. The zero-order valence-corrected chi connectivity index (χ0v) is 19.1. The first-order valence-corrected chi connectivity index (χ1v) is 11.7. The van der Waals surface area contributed by atoms with E-state index in [1.807, 2.05) is 60.0 Å². The third kappa shape index (κ3) is 3.49. The van der Waals surface area contributed by atoms with Crippen LogP contribution in [0.4, 0.5) is 5.82 Å². The Morgan fingerprint density at radius 2 is 1.88 bits per heavy atom. The fourth-order valence-electron chi connectivity index (χ4n) is 4.28. The normalized spacial score (nSPS) is 17.9. The fraction of sp³-hybridized carbons (Fsp3) is 0.250. The summed E-state index contributed by atoms with van der Waals surface area (Å²) in [6, 6.07) is 12.5. The van der Waals surface area contributed by atoms with Gasteiger partial charge in [0.15, 0.2) is 11.6 Å². The summed E-state index contributed by atoms with van der Waals surface area (Å²) in [5.74, 6) is 2.06. The van der Waals surface area contributed by atoms with E-state index in [4.69, 9.17) is 9.97 Å². The van der Waals surface area contributed by atoms with Crippen molar-refractivity contribution in [2.75, 3.05) is 5.32 Å². The molecule has 166 valence electrons. The minimum Gasteiger partial charge on any atom is -0.393 e. The Hall–Kier alpha value is -3.56. The number of nitrogens with zero attached hydrogens (tertiary/aromatic N) is 6. The third-order valence-electron chi connectivity index (χ3n) is 6.04. The van der Waals surface area contributed by atoms with E-state index in [9.17, 15) is 5.11 Å². The van der Waals surface area contributed by atoms with Crippen LogP contribution < -0.4 is 5.32 Å². The number of hydrogen-bond acceptors (Lipinski definition) is 7. The Morgan fingerprint density at radius 1 is 1.06 bits per heavy atom. The molecule has 0 atom stereocenters. The molecule has 0 amide bonds. The molecule has 0 radical (unpaired) electrons. The van der Waals surface area contributed by atoms with Gasteiger partial charge in [-0.15, -0.1) is 11.3 Å². The van der Waals surface area contributed by atoms with Gasteiger partial charge in [-0.1, -0.05) is 30.3 Å². The van der Waals surface area contributed by atoms with E-state index in [0.29, 0.717) is 24.5 Å². The molecule has 8 nitrogen and oxygen atoms in total. The van der Waals surface area contributed by atoms with Crippen LogP contribution in [-0.2, 0) is 14.1 Å². The van der Waals surface area contributed by atoms with Crippen LogP contribution in [0.25, 0.3) is 43.6 Å². The van der Waals surface area contributed by atoms with Gasteiger partial charge in [-0.25, -0.2) is 15.0 Å². The quantitative estimate of drug-likeness (QED) is 0.413. The second-order valence-corrected chi connectivity index (χ2v) is 9.45. The Kier molecular flexibility index (Phi) is 4.74. The molecule has 1 aromatic carbocycles. The number of imidazole rings is 1. The highest BCUT2D eigenvalue weighted by Crippen LogP contribution is 2.46. The number of aryl methyl sites for hydroxylation is 2. The minimum atomic E-state index is -0.256. The van der Waals surface area contributed by atoms with Crippen molar-refractivity contribution in [3.05, 3.63) is 55.0 Å². The summed E-state index contributed by atoms with van der Waals surface area (Å²) in [5.41, 5.74) is 3.07. The number of hydrogen-bond donors (Lipinski definition) is 2. The highest BCUT2D eigenvalue weighted by atomic mass is 32.1. The van der Waals surface area contributed by atoms with E-state index in [2.05, 4.69) is 27.5 Å². The first kappa shape index (κ1) is 20.1. The van der Waals surface area contributed by atoms with E-state index in [1.54, 1.807) is 17.5 Å². The van der Waals surface area contributed by atoms with E-state index in [1.165, 1.54) is 0 Å². The van der Waals surface area contributed by atoms with Crippen LogP contribution in [0.15, 0.2) is 55.0 Å². The maximum absolute atomic E-state index is 9.84. The summed E-state index contributed by atoms with van der Waals surface area (Å²) in [5, 5.41) is 19.1. The molecule has 0 aliphatic heterocycles. The third-order valence-corrected chi connectivity index (χ3v) is 7.14. The zero-order chi connectivity index (χ0) is 22.5. The smallest absolute Gasteiger partial charge is 0.199 e. The lowest BCUT2D eigenvalue weighted by atomic mass is 9.89. The summed E-state index contributed by atoms with van der Waals surface area (Å²) < 4.78 is 3.73. The Bertz CT molecular complexity index is 1450. The molecular weight excluding hydrogens is 434 g/mol. The molecule has 5 aromatic rings. The Balaban J connectivity index is 1.63. The number of aromatic nitrogens is 6. The predicted octanol–water partition coefficient (Wildman–Crippen LogP) is 4.09. The molecule has 9 heteroatoms. The molecule has 0 bridgehead atoms. The maximum atomic E-state index is 9.84. The Morgan fingerprint density at radius 3 is 2.55 bits per heavy atom. The number of fused-ring (bicyclic) bond motifs is 1. The van der Waals surface area contributed by atoms with Gasteiger partial charge in [-0.3, -0.25) is 4.68 Å². The average molecular weight is 458 g/mol. The van der Waals surface area contributed by atoms with Gasteiger partial charge in [0, 0.05) is 44.3 Å². The monoisotopic (exact) mass is 457 g/mol. The van der Waals surface area contributed by atoms with Crippen molar-refractivity contribution in [2.45, 2.75) is 25.0 Å². The van der Waals surface area contributed by atoms with Crippen molar-refractivity contribution in [1.29, 1.82) is 0 Å². The van der Waals surface area contributed by atoms with Gasteiger partial charge in [-0.05, 0) is 24.5 Å². The van der Waals surface area contributed by atoms with Crippen molar-refractivity contribution in [3.8, 4) is 33.3 Å². The first-order chi connectivity index (χ1) is 16.1. The van der Waals surface area contributed by atoms with Crippen LogP contribution in [0, 0.1) is 0 Å². The lowest BCUT2D eigenvalue weighted by Gasteiger charge is -2.32. The number of benzene rings is 1. The molecule has 0 spiro atoms. The van der Waals surface area contributed by atoms with Gasteiger partial charge in [0.1, 0.15) is 16.3 Å². The molecular formula is C24H23N7OS. The van der Waals surface area contributed by atoms with Crippen LogP contribution in [0.3, 0.4) is 0 Å². The molecule has 1 aliphatic rings. The summed E-state index contributed by atoms with van der Waals surface area (Å²) >= 11 is 1.62. The van der Waals surface area contributed by atoms with Gasteiger partial charge in [0.25, 0.3) is 0 Å². The molecule has 0 saturated heterocycles. The summed E-state index contributed by atoms with van der Waals surface area (Å²) in [6.45, 7) is 0. The van der Waals surface area contributed by atoms with E-state index < -0.39 is 0 Å². The topological polar surface area (TPSA) is 93.7 Å². The molecule has 1 fully saturated rings. The van der Waals surface area contributed by atoms with Crippen molar-refractivity contribution < 1.29 is 5.11 Å². The van der Waals surface area contributed by atoms with Crippen molar-refractivity contribution in [2.24, 2.45) is 14.1 Å². The molecule has 1 aliphatic carbocycles. The lowest BCUT2D eigenvalue weighted by molar-refractivity contribution is 0.0836. The van der Waals surface area contributed by atoms with Crippen molar-refractivity contribution in [3.63, 3.8) is 0 Å². The first-order valence-electron chi connectivity index (χ1n) is 10.9. The van der Waals surface area contributed by atoms with Gasteiger partial charge >= 0.3 is 0 Å². The molecule has 4 aromatic heterocycles. The van der Waals surface area contributed by atoms with Gasteiger partial charge in [0.2, 0.25) is 0 Å². The number of aliphatic hydroxyl groups excluding tert-OH is 1. The molecule has 1 saturated carbocycles. The van der Waals surface area contributed by atoms with Crippen LogP contribution in [0.2, 0.25) is 0 Å². The lowest BCUT2D eigenvalue weighted by Crippen LogP contribution is -2.39. The zero-order valence-electron chi connectivity index (χ0n) is 18.3. The summed E-state index contributed by atoms with van der Waals surface area (Å²) in [4.78, 5) is 16.3. The van der Waals surface area contributed by atoms with E-state index in [-0.39, 0.29) is 12.1 Å². The second kappa shape index (κ2) is 7.79. The van der Waals surface area contributed by atoms with Crippen molar-refractivity contribution in [1.82, 2.24) is 29.3 Å². The maximum Gasteiger partial charge on any atom is 0.199 e. The molecule has 6 rings (SSSR count). The summed E-state index contributed by atoms with van der Waals surface area (Å²) in [6.07, 6.45) is 6.76. The molecule has 2 N–H and O–H groups in total. The van der Waals surface area contributed by atoms with E-state index >= 15 is 0 Å². The molecule has 33 heavy (non-hydrogen) atoms. The highest BCUT2D eigenvalue weighted by molar-refractivity contribution is 7.22. The number of thiophene rings is 1. The highest BCUT2D eigenvalue weighted by Gasteiger charge is 2.30. The minimum absolute atomic E-state index is 0.175. The number of rotatable bonds is 5. The van der Waals surface area contributed by atoms with Crippen LogP contribution in [0.1, 0.15) is 12.8 Å². The predicted molar refractivity (Wildman–Crippen MR) is 130 cm³/mol. The van der Waals surface area contributed by atoms with Crippen LogP contribution in [-0.4, -0.2) is 46.6 Å². The van der Waals surface area contributed by atoms with Crippen LogP contribution >= 0.6 is 11.3 Å². The number of anilines is 1. The standard InChI is InChI=1S/C24H23N7OS/c1-30-11-9-25-23(30)22-27-21(26-15-12-16(32)13-15)19-18(14-6-4-3-5-7-14)20(33-24(19)28-22)17-8-10-31(2)29-17/h3-11,15-16,32H,12-13H2,1-2H3,(H,26,27,28). The van der Waals surface area contributed by atoms with Crippen molar-refractivity contribution >= 4 is 27.4 Å². The number of aliphatic hydroxyl groups is 1. The van der Waals surface area contributed by atoms with Crippen LogP contribution in [0.5, 0.6) is 0 Å². The fourth-order valence-corrected chi connectivity index (χ4v) is 5.44. The van der Waals surface area contributed by atoms with Gasteiger partial charge in [-0.2, -0.15) is 5.10 Å². The molecule has 0 unspecified atom stereocenters. The average Bonchev–Trinajstić information content (AvgIpc) is 3.51. The Labute approximate surface area is 194 Å². The van der Waals surface area contributed by atoms with Gasteiger partial charge in [0.05, 0.1) is 16.4 Å². The second-order valence-electron chi connectivity index (χ2n) is 8.45. The van der Waals surface area contributed by atoms with E-state index in [0.717, 1.165) is 37.7 Å². The number of nitrogens with one attached hydrogen (secondary N) is 1. The largest absolute Gasteiger partial charge is 0.393 e. The summed E-state index contributed by atoms with van der Waals surface area (Å²) in [7, 11) is 3.86. The van der Waals surface area contributed by atoms with Gasteiger partial charge < -0.3 is 15.0 Å². The molecule has 4 heterocycles.